The highest BCUT2D eigenvalue weighted by atomic mass is 35.5. The number of aryl methyl sites for hydroxylation is 1. The zero-order valence-corrected chi connectivity index (χ0v) is 17.5. The minimum Gasteiger partial charge on any atom is -0.493 e. The Bertz CT molecular complexity index is 805. The number of carbonyl (C=O) groups is 1. The number of hydrogen-bond donors (Lipinski definition) is 2. The number of amides is 1. The summed E-state index contributed by atoms with van der Waals surface area (Å²) in [7, 11) is 3.20. The number of ether oxygens (including phenoxy) is 2. The van der Waals surface area contributed by atoms with E-state index in [9.17, 15) is 4.79 Å². The molecule has 3 rings (SSSR count). The van der Waals surface area contributed by atoms with E-state index in [1.807, 2.05) is 30.7 Å². The molecule has 1 saturated heterocycles. The van der Waals surface area contributed by atoms with Crippen molar-refractivity contribution in [2.24, 2.45) is 0 Å². The predicted molar refractivity (Wildman–Crippen MR) is 109 cm³/mol. The van der Waals surface area contributed by atoms with E-state index in [1.54, 1.807) is 20.4 Å². The lowest BCUT2D eigenvalue weighted by atomic mass is 10.0. The molecule has 1 aromatic heterocycles. The van der Waals surface area contributed by atoms with Gasteiger partial charge in [0.25, 0.3) is 5.91 Å². The second kappa shape index (κ2) is 9.75. The summed E-state index contributed by atoms with van der Waals surface area (Å²) in [6.45, 7) is 5.83. The van der Waals surface area contributed by atoms with E-state index in [0.29, 0.717) is 23.2 Å². The maximum atomic E-state index is 12.6. The molecule has 0 radical (unpaired) electrons. The van der Waals surface area contributed by atoms with E-state index in [2.05, 4.69) is 20.9 Å². The Morgan fingerprint density at radius 2 is 1.89 bits per heavy atom. The van der Waals surface area contributed by atoms with Gasteiger partial charge in [0.15, 0.2) is 17.2 Å². The largest absolute Gasteiger partial charge is 0.493 e. The second-order valence-electron chi connectivity index (χ2n) is 6.82. The maximum absolute atomic E-state index is 12.6. The number of rotatable bonds is 6. The molecule has 1 aliphatic rings. The Kier molecular flexibility index (Phi) is 7.65. The monoisotopic (exact) mass is 409 g/mol. The normalized spacial score (nSPS) is 15.4. The van der Waals surface area contributed by atoms with Gasteiger partial charge in [-0.3, -0.25) is 4.79 Å². The molecule has 1 aromatic carbocycles. The van der Waals surface area contributed by atoms with Gasteiger partial charge in [0.2, 0.25) is 0 Å². The van der Waals surface area contributed by atoms with Gasteiger partial charge < -0.3 is 20.1 Å². The number of methoxy groups -OCH3 is 2. The predicted octanol–water partition coefficient (Wildman–Crippen LogP) is 2.44. The first-order valence-electron chi connectivity index (χ1n) is 9.19. The summed E-state index contributed by atoms with van der Waals surface area (Å²) in [6.07, 6.45) is 3.72. The molecule has 8 nitrogen and oxygen atoms in total. The topological polar surface area (TPSA) is 90.3 Å². The van der Waals surface area contributed by atoms with Gasteiger partial charge in [-0.15, -0.1) is 17.5 Å². The lowest BCUT2D eigenvalue weighted by Gasteiger charge is -2.22. The number of benzene rings is 1. The highest BCUT2D eigenvalue weighted by Crippen LogP contribution is 2.32. The fourth-order valence-electron chi connectivity index (χ4n) is 3.44. The first-order chi connectivity index (χ1) is 13.0. The van der Waals surface area contributed by atoms with Gasteiger partial charge in [-0.25, -0.2) is 4.68 Å². The average molecular weight is 410 g/mol. The number of nitrogens with zero attached hydrogens (tertiary/aromatic N) is 3. The average Bonchev–Trinajstić information content (AvgIpc) is 3.18. The van der Waals surface area contributed by atoms with Crippen molar-refractivity contribution >= 4 is 18.3 Å². The van der Waals surface area contributed by atoms with Crippen molar-refractivity contribution < 1.29 is 14.3 Å². The molecule has 0 spiro atoms. The highest BCUT2D eigenvalue weighted by Gasteiger charge is 2.21. The molecule has 0 saturated carbocycles. The Balaban J connectivity index is 0.00000280. The molecule has 1 atom stereocenters. The third-order valence-corrected chi connectivity index (χ3v) is 5.01. The Labute approximate surface area is 171 Å². The molecule has 1 aliphatic heterocycles. The highest BCUT2D eigenvalue weighted by molar-refractivity contribution is 5.92. The summed E-state index contributed by atoms with van der Waals surface area (Å²) in [6, 6.07) is 3.89. The van der Waals surface area contributed by atoms with Crippen LogP contribution in [0, 0.1) is 6.92 Å². The van der Waals surface area contributed by atoms with Gasteiger partial charge >= 0.3 is 0 Å². The van der Waals surface area contributed by atoms with E-state index in [4.69, 9.17) is 9.47 Å². The van der Waals surface area contributed by atoms with Crippen molar-refractivity contribution in [3.63, 3.8) is 0 Å². The summed E-state index contributed by atoms with van der Waals surface area (Å²) in [5.41, 5.74) is 2.31. The second-order valence-corrected chi connectivity index (χ2v) is 6.82. The molecule has 0 aliphatic carbocycles. The standard InChI is InChI=1S/C19H27N5O3.ClH/c1-12-9-17(26-3)18(27-4)10-15(12)13(2)21-19(25)16-11-24(23-22-16)14-5-7-20-8-6-14;/h9-11,13-14,20H,5-8H2,1-4H3,(H,21,25);1H. The minimum absolute atomic E-state index is 0. The van der Waals surface area contributed by atoms with Crippen LogP contribution < -0.4 is 20.1 Å². The van der Waals surface area contributed by atoms with Gasteiger partial charge in [0.1, 0.15) is 0 Å². The van der Waals surface area contributed by atoms with E-state index < -0.39 is 0 Å². The third kappa shape index (κ3) is 4.74. The number of nitrogens with one attached hydrogen (secondary N) is 2. The molecule has 1 unspecified atom stereocenters. The quantitative estimate of drug-likeness (QED) is 0.761. The number of carbonyl (C=O) groups excluding carboxylic acids is 1. The molecular formula is C19H28ClN5O3. The van der Waals surface area contributed by atoms with Crippen molar-refractivity contribution in [3.8, 4) is 11.5 Å². The number of hydrogen-bond acceptors (Lipinski definition) is 6. The van der Waals surface area contributed by atoms with Gasteiger partial charge in [-0.05, 0) is 63.0 Å². The van der Waals surface area contributed by atoms with Crippen LogP contribution in [0.2, 0.25) is 0 Å². The van der Waals surface area contributed by atoms with E-state index in [0.717, 1.165) is 37.1 Å². The Morgan fingerprint density at radius 1 is 1.25 bits per heavy atom. The lowest BCUT2D eigenvalue weighted by Crippen LogP contribution is -2.29. The van der Waals surface area contributed by atoms with Crippen LogP contribution in [-0.4, -0.2) is 48.2 Å². The summed E-state index contributed by atoms with van der Waals surface area (Å²) >= 11 is 0. The third-order valence-electron chi connectivity index (χ3n) is 5.01. The van der Waals surface area contributed by atoms with Crippen LogP contribution in [0.1, 0.15) is 53.5 Å². The molecule has 9 heteroatoms. The number of halogens is 1. The molecule has 1 amide bonds. The molecule has 0 bridgehead atoms. The molecule has 2 aromatic rings. The molecule has 2 heterocycles. The van der Waals surface area contributed by atoms with Crippen LogP contribution in [0.3, 0.4) is 0 Å². The van der Waals surface area contributed by atoms with Gasteiger partial charge in [-0.2, -0.15) is 0 Å². The molecule has 154 valence electrons. The summed E-state index contributed by atoms with van der Waals surface area (Å²) in [5, 5.41) is 14.5. The summed E-state index contributed by atoms with van der Waals surface area (Å²) in [5.74, 6) is 1.06. The lowest BCUT2D eigenvalue weighted by molar-refractivity contribution is 0.0934. The Hall–Kier alpha value is -2.32. The zero-order chi connectivity index (χ0) is 19.4. The van der Waals surface area contributed by atoms with Crippen molar-refractivity contribution in [3.05, 3.63) is 35.2 Å². The number of piperidine rings is 1. The van der Waals surface area contributed by atoms with Crippen molar-refractivity contribution in [2.45, 2.75) is 38.8 Å². The number of aromatic nitrogens is 3. The van der Waals surface area contributed by atoms with Crippen LogP contribution in [0.4, 0.5) is 0 Å². The smallest absolute Gasteiger partial charge is 0.273 e. The zero-order valence-electron chi connectivity index (χ0n) is 16.7. The van der Waals surface area contributed by atoms with Crippen molar-refractivity contribution in [2.75, 3.05) is 27.3 Å². The van der Waals surface area contributed by atoms with Gasteiger partial charge in [0, 0.05) is 0 Å². The molecule has 1 fully saturated rings. The first-order valence-corrected chi connectivity index (χ1v) is 9.19. The molecule has 2 N–H and O–H groups in total. The SMILES string of the molecule is COc1cc(C)c(C(C)NC(=O)c2cn(C3CCNCC3)nn2)cc1OC.Cl. The van der Waals surface area contributed by atoms with Crippen LogP contribution >= 0.6 is 12.4 Å². The van der Waals surface area contributed by atoms with E-state index in [1.165, 1.54) is 0 Å². The van der Waals surface area contributed by atoms with E-state index in [-0.39, 0.29) is 24.4 Å². The van der Waals surface area contributed by atoms with Crippen LogP contribution in [0.25, 0.3) is 0 Å². The minimum atomic E-state index is -0.239. The fraction of sp³-hybridized carbons (Fsp3) is 0.526. The van der Waals surface area contributed by atoms with Gasteiger partial charge in [-0.1, -0.05) is 5.21 Å². The molecule has 28 heavy (non-hydrogen) atoms. The van der Waals surface area contributed by atoms with Crippen molar-refractivity contribution in [1.82, 2.24) is 25.6 Å². The van der Waals surface area contributed by atoms with Crippen LogP contribution in [-0.2, 0) is 0 Å². The Morgan fingerprint density at radius 3 is 2.54 bits per heavy atom. The fourth-order valence-corrected chi connectivity index (χ4v) is 3.44. The summed E-state index contributed by atoms with van der Waals surface area (Å²) in [4.78, 5) is 12.6. The van der Waals surface area contributed by atoms with Crippen molar-refractivity contribution in [1.29, 1.82) is 0 Å². The molecular weight excluding hydrogens is 382 g/mol. The maximum Gasteiger partial charge on any atom is 0.273 e. The first kappa shape index (κ1) is 22.0. The van der Waals surface area contributed by atoms with E-state index >= 15 is 0 Å². The van der Waals surface area contributed by atoms with Crippen LogP contribution in [0.15, 0.2) is 18.3 Å². The van der Waals surface area contributed by atoms with Crippen LogP contribution in [0.5, 0.6) is 11.5 Å². The summed E-state index contributed by atoms with van der Waals surface area (Å²) < 4.78 is 12.5. The van der Waals surface area contributed by atoms with Gasteiger partial charge in [0.05, 0.1) is 32.5 Å².